The van der Waals surface area contributed by atoms with Gasteiger partial charge in [-0.3, -0.25) is 9.59 Å². The van der Waals surface area contributed by atoms with Gasteiger partial charge in [0.15, 0.2) is 9.84 Å². The highest BCUT2D eigenvalue weighted by Crippen LogP contribution is 2.08. The Hall–Kier alpha value is -2.41. The predicted molar refractivity (Wildman–Crippen MR) is 83.2 cm³/mol. The number of hydrogen-bond donors (Lipinski definition) is 2. The normalized spacial score (nSPS) is 11.1. The van der Waals surface area contributed by atoms with E-state index in [-0.39, 0.29) is 17.2 Å². The van der Waals surface area contributed by atoms with Crippen molar-refractivity contribution in [3.8, 4) is 0 Å². The van der Waals surface area contributed by atoms with Crippen molar-refractivity contribution in [2.75, 3.05) is 6.26 Å². The van der Waals surface area contributed by atoms with Gasteiger partial charge in [0.25, 0.3) is 5.91 Å². The van der Waals surface area contributed by atoms with Crippen LogP contribution in [0, 0.1) is 0 Å². The molecule has 6 nitrogen and oxygen atoms in total. The topological polar surface area (TPSA) is 96.1 Å². The Morgan fingerprint density at radius 1 is 1.09 bits per heavy atom. The van der Waals surface area contributed by atoms with Gasteiger partial charge in [-0.15, -0.1) is 0 Å². The van der Waals surface area contributed by atoms with E-state index in [1.807, 2.05) is 0 Å². The predicted octanol–water partition coefficient (Wildman–Crippen LogP) is 0.849. The molecular weight excluding hydrogens is 304 g/mol. The number of hydrogen-bond acceptors (Lipinski definition) is 4. The van der Waals surface area contributed by atoms with Crippen LogP contribution in [0.1, 0.15) is 21.5 Å². The van der Waals surface area contributed by atoms with Gasteiger partial charge in [0, 0.05) is 25.1 Å². The number of rotatable bonds is 5. The standard InChI is InChI=1S/C15H16N2O4S/c1-22(20,21)10-12-4-2-11(3-5-12)8-17-15(19)13-6-7-14(18)16-9-13/h2-7,9H,8,10H2,1H3,(H,16,18)(H,17,19). The summed E-state index contributed by atoms with van der Waals surface area (Å²) in [5.74, 6) is -0.298. The fraction of sp³-hybridized carbons (Fsp3) is 0.200. The monoisotopic (exact) mass is 320 g/mol. The smallest absolute Gasteiger partial charge is 0.253 e. The molecule has 0 spiro atoms. The Bertz CT molecular complexity index is 803. The highest BCUT2D eigenvalue weighted by molar-refractivity contribution is 7.89. The lowest BCUT2D eigenvalue weighted by molar-refractivity contribution is 0.0950. The Labute approximate surface area is 128 Å². The van der Waals surface area contributed by atoms with Gasteiger partial charge in [0.1, 0.15) is 0 Å². The molecule has 1 aromatic heterocycles. The average Bonchev–Trinajstić information content (AvgIpc) is 2.45. The fourth-order valence-electron chi connectivity index (χ4n) is 1.89. The zero-order valence-electron chi connectivity index (χ0n) is 12.0. The molecule has 116 valence electrons. The summed E-state index contributed by atoms with van der Waals surface area (Å²) in [5, 5.41) is 2.72. The van der Waals surface area contributed by atoms with E-state index >= 15 is 0 Å². The number of benzene rings is 1. The summed E-state index contributed by atoms with van der Waals surface area (Å²) in [6, 6.07) is 9.73. The molecule has 22 heavy (non-hydrogen) atoms. The van der Waals surface area contributed by atoms with Crippen LogP contribution in [0.3, 0.4) is 0 Å². The molecule has 2 N–H and O–H groups in total. The maximum absolute atomic E-state index is 11.9. The number of sulfone groups is 1. The van der Waals surface area contributed by atoms with E-state index in [0.717, 1.165) is 5.56 Å². The quantitative estimate of drug-likeness (QED) is 0.853. The largest absolute Gasteiger partial charge is 0.348 e. The van der Waals surface area contributed by atoms with Gasteiger partial charge in [0.05, 0.1) is 11.3 Å². The highest BCUT2D eigenvalue weighted by atomic mass is 32.2. The third-order valence-corrected chi connectivity index (χ3v) is 3.81. The van der Waals surface area contributed by atoms with Gasteiger partial charge in [-0.1, -0.05) is 24.3 Å². The number of carbonyl (C=O) groups is 1. The van der Waals surface area contributed by atoms with Crippen molar-refractivity contribution in [2.24, 2.45) is 0 Å². The third kappa shape index (κ3) is 4.85. The van der Waals surface area contributed by atoms with Gasteiger partial charge in [-0.25, -0.2) is 8.42 Å². The van der Waals surface area contributed by atoms with Crippen LogP contribution in [0.2, 0.25) is 0 Å². The van der Waals surface area contributed by atoms with E-state index < -0.39 is 9.84 Å². The lowest BCUT2D eigenvalue weighted by Crippen LogP contribution is -2.23. The van der Waals surface area contributed by atoms with E-state index in [1.54, 1.807) is 24.3 Å². The summed E-state index contributed by atoms with van der Waals surface area (Å²) in [5.41, 5.74) is 1.67. The molecule has 7 heteroatoms. The molecule has 1 aromatic carbocycles. The second-order valence-electron chi connectivity index (χ2n) is 5.01. The minimum Gasteiger partial charge on any atom is -0.348 e. The van der Waals surface area contributed by atoms with Crippen molar-refractivity contribution in [2.45, 2.75) is 12.3 Å². The highest BCUT2D eigenvalue weighted by Gasteiger charge is 2.06. The van der Waals surface area contributed by atoms with E-state index in [1.165, 1.54) is 24.6 Å². The minimum absolute atomic E-state index is 0.00296. The summed E-state index contributed by atoms with van der Waals surface area (Å²) in [6.07, 6.45) is 2.54. The van der Waals surface area contributed by atoms with Crippen molar-refractivity contribution in [1.82, 2.24) is 10.3 Å². The Morgan fingerprint density at radius 3 is 2.27 bits per heavy atom. The van der Waals surface area contributed by atoms with Crippen LogP contribution in [0.5, 0.6) is 0 Å². The summed E-state index contributed by atoms with van der Waals surface area (Å²) >= 11 is 0. The third-order valence-electron chi connectivity index (χ3n) is 2.95. The molecule has 1 heterocycles. The van der Waals surface area contributed by atoms with E-state index in [4.69, 9.17) is 0 Å². The second kappa shape index (κ2) is 6.57. The van der Waals surface area contributed by atoms with Crippen LogP contribution >= 0.6 is 0 Å². The first kappa shape index (κ1) is 16.0. The lowest BCUT2D eigenvalue weighted by Gasteiger charge is -2.06. The number of carbonyl (C=O) groups excluding carboxylic acids is 1. The molecule has 0 saturated carbocycles. The average molecular weight is 320 g/mol. The molecule has 0 saturated heterocycles. The van der Waals surface area contributed by atoms with Gasteiger partial charge in [-0.05, 0) is 17.2 Å². The van der Waals surface area contributed by atoms with Crippen LogP contribution < -0.4 is 10.9 Å². The van der Waals surface area contributed by atoms with Crippen molar-refractivity contribution >= 4 is 15.7 Å². The molecule has 0 radical (unpaired) electrons. The van der Waals surface area contributed by atoms with Crippen molar-refractivity contribution in [1.29, 1.82) is 0 Å². The molecular formula is C15H16N2O4S. The number of amides is 1. The molecule has 2 rings (SSSR count). The maximum Gasteiger partial charge on any atom is 0.253 e. The van der Waals surface area contributed by atoms with Crippen molar-refractivity contribution in [3.63, 3.8) is 0 Å². The first-order valence-corrected chi connectivity index (χ1v) is 8.62. The zero-order valence-corrected chi connectivity index (χ0v) is 12.8. The first-order valence-electron chi connectivity index (χ1n) is 6.56. The molecule has 0 fully saturated rings. The van der Waals surface area contributed by atoms with Crippen molar-refractivity contribution in [3.05, 3.63) is 69.6 Å². The first-order chi connectivity index (χ1) is 10.3. The summed E-state index contributed by atoms with van der Waals surface area (Å²) < 4.78 is 22.4. The summed E-state index contributed by atoms with van der Waals surface area (Å²) in [6.45, 7) is 0.317. The molecule has 0 aliphatic heterocycles. The van der Waals surface area contributed by atoms with Crippen LogP contribution in [0.4, 0.5) is 0 Å². The molecule has 0 unspecified atom stereocenters. The van der Waals surface area contributed by atoms with Gasteiger partial charge < -0.3 is 10.3 Å². The number of nitrogens with one attached hydrogen (secondary N) is 2. The number of aromatic amines is 1. The zero-order chi connectivity index (χ0) is 16.2. The molecule has 0 aliphatic rings. The van der Waals surface area contributed by atoms with Gasteiger partial charge in [0.2, 0.25) is 5.56 Å². The van der Waals surface area contributed by atoms with E-state index in [2.05, 4.69) is 10.3 Å². The van der Waals surface area contributed by atoms with E-state index in [0.29, 0.717) is 17.7 Å². The van der Waals surface area contributed by atoms with Crippen LogP contribution in [0.25, 0.3) is 0 Å². The number of pyridine rings is 1. The summed E-state index contributed by atoms with van der Waals surface area (Å²) in [7, 11) is -3.05. The molecule has 1 amide bonds. The molecule has 0 atom stereocenters. The lowest BCUT2D eigenvalue weighted by atomic mass is 10.1. The molecule has 0 aliphatic carbocycles. The maximum atomic E-state index is 11.9. The van der Waals surface area contributed by atoms with Crippen molar-refractivity contribution < 1.29 is 13.2 Å². The Kier molecular flexibility index (Phi) is 4.77. The SMILES string of the molecule is CS(=O)(=O)Cc1ccc(CNC(=O)c2ccc(=O)[nH]c2)cc1. The summed E-state index contributed by atoms with van der Waals surface area (Å²) in [4.78, 5) is 25.2. The second-order valence-corrected chi connectivity index (χ2v) is 7.15. The van der Waals surface area contributed by atoms with E-state index in [9.17, 15) is 18.0 Å². The minimum atomic E-state index is -3.05. The molecule has 0 bridgehead atoms. The Morgan fingerprint density at radius 2 is 1.73 bits per heavy atom. The number of H-pyrrole nitrogens is 1. The van der Waals surface area contributed by atoms with Crippen LogP contribution in [-0.2, 0) is 22.1 Å². The van der Waals surface area contributed by atoms with Crippen LogP contribution in [0.15, 0.2) is 47.4 Å². The van der Waals surface area contributed by atoms with Gasteiger partial charge in [-0.2, -0.15) is 0 Å². The number of aromatic nitrogens is 1. The van der Waals surface area contributed by atoms with Crippen LogP contribution in [-0.4, -0.2) is 25.6 Å². The fourth-order valence-corrected chi connectivity index (χ4v) is 2.69. The van der Waals surface area contributed by atoms with Gasteiger partial charge >= 0.3 is 0 Å². The Balaban J connectivity index is 1.95. The molecule has 2 aromatic rings.